The Morgan fingerprint density at radius 3 is 2.50 bits per heavy atom. The van der Waals surface area contributed by atoms with Gasteiger partial charge in [-0.15, -0.1) is 0 Å². The molecule has 1 amide bonds. The quantitative estimate of drug-likeness (QED) is 0.605. The van der Waals surface area contributed by atoms with E-state index in [1.165, 1.54) is 24.3 Å². The molecule has 2 aromatic carbocycles. The van der Waals surface area contributed by atoms with Crippen LogP contribution in [0.1, 0.15) is 15.9 Å². The lowest BCUT2D eigenvalue weighted by Gasteiger charge is -2.35. The molecule has 1 aliphatic rings. The maximum Gasteiger partial charge on any atom is 0.270 e. The van der Waals surface area contributed by atoms with Gasteiger partial charge in [-0.25, -0.2) is 4.39 Å². The van der Waals surface area contributed by atoms with Crippen LogP contribution in [-0.4, -0.2) is 46.8 Å². The largest absolute Gasteiger partial charge is 0.336 e. The van der Waals surface area contributed by atoms with Crippen LogP contribution in [0.4, 0.5) is 10.1 Å². The molecular formula is C18H17ClFN3O3. The molecule has 0 bridgehead atoms. The van der Waals surface area contributed by atoms with Crippen molar-refractivity contribution in [2.75, 3.05) is 26.2 Å². The summed E-state index contributed by atoms with van der Waals surface area (Å²) in [5.41, 5.74) is 0.640. The van der Waals surface area contributed by atoms with Crippen LogP contribution in [0.3, 0.4) is 0 Å². The number of halogens is 2. The molecule has 0 unspecified atom stereocenters. The first-order valence-corrected chi connectivity index (χ1v) is 8.52. The van der Waals surface area contributed by atoms with E-state index in [0.717, 1.165) is 0 Å². The number of benzene rings is 2. The second kappa shape index (κ2) is 7.80. The van der Waals surface area contributed by atoms with Crippen LogP contribution in [0.15, 0.2) is 42.5 Å². The van der Waals surface area contributed by atoms with E-state index in [1.807, 2.05) is 4.90 Å². The van der Waals surface area contributed by atoms with Gasteiger partial charge < -0.3 is 4.90 Å². The number of non-ortho nitro benzene ring substituents is 1. The van der Waals surface area contributed by atoms with Crippen molar-refractivity contribution < 1.29 is 14.1 Å². The number of rotatable bonds is 4. The van der Waals surface area contributed by atoms with Gasteiger partial charge in [-0.1, -0.05) is 23.7 Å². The van der Waals surface area contributed by atoms with E-state index >= 15 is 0 Å². The Morgan fingerprint density at radius 1 is 1.15 bits per heavy atom. The average molecular weight is 378 g/mol. The fourth-order valence-corrected chi connectivity index (χ4v) is 3.17. The van der Waals surface area contributed by atoms with Crippen molar-refractivity contribution >= 4 is 23.2 Å². The van der Waals surface area contributed by atoms with Crippen LogP contribution >= 0.6 is 11.6 Å². The predicted molar refractivity (Wildman–Crippen MR) is 95.7 cm³/mol. The van der Waals surface area contributed by atoms with Crippen LogP contribution in [0.2, 0.25) is 5.02 Å². The van der Waals surface area contributed by atoms with Gasteiger partial charge in [-0.3, -0.25) is 19.8 Å². The minimum absolute atomic E-state index is 0.108. The normalized spacial score (nSPS) is 15.1. The van der Waals surface area contributed by atoms with Gasteiger partial charge in [0, 0.05) is 61.0 Å². The van der Waals surface area contributed by atoms with Crippen LogP contribution in [-0.2, 0) is 6.54 Å². The van der Waals surface area contributed by atoms with Crippen molar-refractivity contribution in [1.82, 2.24) is 9.80 Å². The van der Waals surface area contributed by atoms with Crippen LogP contribution in [0, 0.1) is 15.9 Å². The van der Waals surface area contributed by atoms with Crippen molar-refractivity contribution in [2.24, 2.45) is 0 Å². The third kappa shape index (κ3) is 4.00. The van der Waals surface area contributed by atoms with E-state index in [2.05, 4.69) is 0 Å². The second-order valence-electron chi connectivity index (χ2n) is 6.08. The number of piperazine rings is 1. The number of nitro benzene ring substituents is 1. The molecule has 1 heterocycles. The fraction of sp³-hybridized carbons (Fsp3) is 0.278. The molecule has 0 spiro atoms. The summed E-state index contributed by atoms with van der Waals surface area (Å²) >= 11 is 6.06. The lowest BCUT2D eigenvalue weighted by Crippen LogP contribution is -2.48. The molecule has 0 aromatic heterocycles. The molecule has 0 radical (unpaired) electrons. The molecule has 1 aliphatic heterocycles. The van der Waals surface area contributed by atoms with Gasteiger partial charge in [-0.05, 0) is 18.2 Å². The highest BCUT2D eigenvalue weighted by Gasteiger charge is 2.24. The highest BCUT2D eigenvalue weighted by atomic mass is 35.5. The summed E-state index contributed by atoms with van der Waals surface area (Å²) in [6.45, 7) is 2.46. The van der Waals surface area contributed by atoms with Crippen LogP contribution in [0.25, 0.3) is 0 Å². The lowest BCUT2D eigenvalue weighted by atomic mass is 10.1. The van der Waals surface area contributed by atoms with Gasteiger partial charge in [0.1, 0.15) is 5.82 Å². The molecule has 26 heavy (non-hydrogen) atoms. The van der Waals surface area contributed by atoms with Crippen LogP contribution < -0.4 is 0 Å². The maximum absolute atomic E-state index is 13.9. The summed E-state index contributed by atoms with van der Waals surface area (Å²) in [4.78, 5) is 26.6. The number of nitrogens with zero attached hydrogens (tertiary/aromatic N) is 3. The fourth-order valence-electron chi connectivity index (χ4n) is 2.95. The van der Waals surface area contributed by atoms with Gasteiger partial charge in [0.05, 0.1) is 4.92 Å². The van der Waals surface area contributed by atoms with E-state index in [-0.39, 0.29) is 17.4 Å². The van der Waals surface area contributed by atoms with Crippen molar-refractivity contribution in [2.45, 2.75) is 6.54 Å². The first-order chi connectivity index (χ1) is 12.5. The van der Waals surface area contributed by atoms with E-state index in [0.29, 0.717) is 48.9 Å². The summed E-state index contributed by atoms with van der Waals surface area (Å²) in [6.07, 6.45) is 0. The van der Waals surface area contributed by atoms with Crippen molar-refractivity contribution in [3.8, 4) is 0 Å². The van der Waals surface area contributed by atoms with Crippen molar-refractivity contribution in [3.63, 3.8) is 0 Å². The number of hydrogen-bond acceptors (Lipinski definition) is 4. The molecule has 2 aromatic rings. The highest BCUT2D eigenvalue weighted by molar-refractivity contribution is 6.31. The molecule has 0 aliphatic carbocycles. The van der Waals surface area contributed by atoms with Crippen molar-refractivity contribution in [1.29, 1.82) is 0 Å². The minimum Gasteiger partial charge on any atom is -0.336 e. The zero-order valence-electron chi connectivity index (χ0n) is 13.9. The zero-order valence-corrected chi connectivity index (χ0v) is 14.7. The minimum atomic E-state index is -0.521. The van der Waals surface area contributed by atoms with Gasteiger partial charge in [0.15, 0.2) is 0 Å². The Morgan fingerprint density at radius 2 is 1.85 bits per heavy atom. The Kier molecular flexibility index (Phi) is 5.49. The van der Waals surface area contributed by atoms with E-state index in [9.17, 15) is 19.3 Å². The molecule has 0 atom stereocenters. The van der Waals surface area contributed by atoms with Gasteiger partial charge >= 0.3 is 0 Å². The first-order valence-electron chi connectivity index (χ1n) is 8.14. The Hall–Kier alpha value is -2.51. The van der Waals surface area contributed by atoms with Gasteiger partial charge in [0.25, 0.3) is 11.6 Å². The molecule has 0 N–H and O–H groups in total. The number of carbonyl (C=O) groups is 1. The van der Waals surface area contributed by atoms with Crippen LogP contribution in [0.5, 0.6) is 0 Å². The van der Waals surface area contributed by atoms with E-state index < -0.39 is 4.92 Å². The Bertz CT molecular complexity index is 818. The lowest BCUT2D eigenvalue weighted by molar-refractivity contribution is -0.384. The molecule has 0 saturated carbocycles. The molecule has 6 nitrogen and oxygen atoms in total. The number of hydrogen-bond donors (Lipinski definition) is 0. The molecule has 3 rings (SSSR count). The van der Waals surface area contributed by atoms with E-state index in [1.54, 1.807) is 23.1 Å². The molecule has 136 valence electrons. The molecule has 1 fully saturated rings. The summed E-state index contributed by atoms with van der Waals surface area (Å²) < 4.78 is 13.9. The predicted octanol–water partition coefficient (Wildman–Crippen LogP) is 3.35. The maximum atomic E-state index is 13.9. The second-order valence-corrected chi connectivity index (χ2v) is 6.48. The topological polar surface area (TPSA) is 66.7 Å². The highest BCUT2D eigenvalue weighted by Crippen LogP contribution is 2.22. The molecular weight excluding hydrogens is 361 g/mol. The third-order valence-electron chi connectivity index (χ3n) is 4.41. The Balaban J connectivity index is 1.62. The monoisotopic (exact) mass is 377 g/mol. The summed E-state index contributed by atoms with van der Waals surface area (Å²) in [7, 11) is 0. The standard InChI is InChI=1S/C18H17ClFN3O3/c19-16-5-2-6-17(20)15(16)12-21-7-9-22(10-8-21)18(24)13-3-1-4-14(11-13)23(25)26/h1-6,11H,7-10,12H2. The van der Waals surface area contributed by atoms with Gasteiger partial charge in [0.2, 0.25) is 0 Å². The molecule has 1 saturated heterocycles. The summed E-state index contributed by atoms with van der Waals surface area (Å²) in [5.74, 6) is -0.579. The SMILES string of the molecule is O=C(c1cccc([N+](=O)[O-])c1)N1CCN(Cc2c(F)cccc2Cl)CC1. The number of nitro groups is 1. The first kappa shape index (κ1) is 18.3. The number of amides is 1. The average Bonchev–Trinajstić information content (AvgIpc) is 2.65. The Labute approximate surface area is 154 Å². The zero-order chi connectivity index (χ0) is 18.7. The number of carbonyl (C=O) groups excluding carboxylic acids is 1. The summed E-state index contributed by atoms with van der Waals surface area (Å²) in [5, 5.41) is 11.2. The summed E-state index contributed by atoms with van der Waals surface area (Å²) in [6, 6.07) is 10.3. The third-order valence-corrected chi connectivity index (χ3v) is 4.76. The van der Waals surface area contributed by atoms with Gasteiger partial charge in [-0.2, -0.15) is 0 Å². The smallest absolute Gasteiger partial charge is 0.270 e. The van der Waals surface area contributed by atoms with E-state index in [4.69, 9.17) is 11.6 Å². The van der Waals surface area contributed by atoms with Crippen molar-refractivity contribution in [3.05, 3.63) is 74.5 Å². The molecule has 8 heteroatoms.